The molecule has 0 N–H and O–H groups in total. The third-order valence-electron chi connectivity index (χ3n) is 3.44. The molecule has 7 nitrogen and oxygen atoms in total. The van der Waals surface area contributed by atoms with Crippen molar-refractivity contribution in [1.29, 1.82) is 0 Å². The molecule has 0 atom stereocenters. The van der Waals surface area contributed by atoms with E-state index in [-0.39, 0.29) is 16.8 Å². The van der Waals surface area contributed by atoms with Crippen LogP contribution in [0.25, 0.3) is 11.6 Å². The summed E-state index contributed by atoms with van der Waals surface area (Å²) >= 11 is 0. The van der Waals surface area contributed by atoms with Gasteiger partial charge in [-0.3, -0.25) is 10.1 Å². The summed E-state index contributed by atoms with van der Waals surface area (Å²) in [6.07, 6.45) is 1.47. The lowest BCUT2D eigenvalue weighted by Crippen LogP contribution is -2.06. The van der Waals surface area contributed by atoms with E-state index in [1.54, 1.807) is 18.2 Å². The van der Waals surface area contributed by atoms with Gasteiger partial charge in [0, 0.05) is 6.07 Å². The van der Waals surface area contributed by atoms with Crippen molar-refractivity contribution in [3.63, 3.8) is 0 Å². The molecule has 0 unspecified atom stereocenters. The maximum Gasteiger partial charge on any atom is 0.338 e. The molecule has 0 heterocycles. The Labute approximate surface area is 143 Å². The second-order valence-electron chi connectivity index (χ2n) is 4.94. The predicted molar refractivity (Wildman–Crippen MR) is 90.8 cm³/mol. The minimum atomic E-state index is -0.702. The van der Waals surface area contributed by atoms with E-state index >= 15 is 0 Å². The van der Waals surface area contributed by atoms with Crippen LogP contribution in [-0.2, 0) is 14.3 Å². The topological polar surface area (TPSA) is 95.7 Å². The molecule has 7 heteroatoms. The van der Waals surface area contributed by atoms with Crippen molar-refractivity contribution in [1.82, 2.24) is 0 Å². The van der Waals surface area contributed by atoms with Crippen LogP contribution in [-0.4, -0.2) is 31.1 Å². The fourth-order valence-electron chi connectivity index (χ4n) is 2.22. The van der Waals surface area contributed by atoms with Gasteiger partial charge in [0.1, 0.15) is 0 Å². The highest BCUT2D eigenvalue weighted by molar-refractivity contribution is 6.22. The summed E-state index contributed by atoms with van der Waals surface area (Å²) in [6.45, 7) is 0. The molecule has 2 aromatic carbocycles. The molecule has 0 saturated carbocycles. The zero-order valence-corrected chi connectivity index (χ0v) is 13.6. The molecule has 2 aromatic rings. The second kappa shape index (κ2) is 7.87. The Balaban J connectivity index is 2.52. The Morgan fingerprint density at radius 3 is 2.20 bits per heavy atom. The van der Waals surface area contributed by atoms with E-state index in [0.717, 1.165) is 0 Å². The van der Waals surface area contributed by atoms with Crippen molar-refractivity contribution in [3.05, 3.63) is 75.3 Å². The van der Waals surface area contributed by atoms with E-state index in [1.165, 1.54) is 50.6 Å². The van der Waals surface area contributed by atoms with Crippen molar-refractivity contribution in [2.45, 2.75) is 0 Å². The number of nitrogens with zero attached hydrogens (tertiary/aromatic N) is 1. The number of para-hydroxylation sites is 1. The fourth-order valence-corrected chi connectivity index (χ4v) is 2.22. The van der Waals surface area contributed by atoms with Gasteiger partial charge in [0.05, 0.1) is 35.8 Å². The van der Waals surface area contributed by atoms with E-state index in [9.17, 15) is 19.7 Å². The normalized spacial score (nSPS) is 10.9. The largest absolute Gasteiger partial charge is 0.465 e. The molecule has 0 spiro atoms. The second-order valence-corrected chi connectivity index (χ2v) is 4.94. The SMILES string of the molecule is COC(=O)/C(=C/c1ccc(C(=O)OC)cc1)c1ccccc1[N+](=O)[O-]. The van der Waals surface area contributed by atoms with Crippen molar-refractivity contribution in [2.75, 3.05) is 14.2 Å². The molecule has 25 heavy (non-hydrogen) atoms. The molecule has 128 valence electrons. The molecule has 0 aliphatic carbocycles. The van der Waals surface area contributed by atoms with Gasteiger partial charge in [-0.05, 0) is 29.8 Å². The summed E-state index contributed by atoms with van der Waals surface area (Å²) in [5.74, 6) is -1.19. The Kier molecular flexibility index (Phi) is 5.62. The van der Waals surface area contributed by atoms with Gasteiger partial charge >= 0.3 is 11.9 Å². The quantitative estimate of drug-likeness (QED) is 0.273. The average Bonchev–Trinajstić information content (AvgIpc) is 2.65. The standard InChI is InChI=1S/C18H15NO6/c1-24-17(20)13-9-7-12(8-10-13)11-15(18(21)25-2)14-5-3-4-6-16(14)19(22)23/h3-11H,1-2H3/b15-11+. The highest BCUT2D eigenvalue weighted by Gasteiger charge is 2.22. The van der Waals surface area contributed by atoms with Gasteiger partial charge in [-0.1, -0.05) is 24.3 Å². The van der Waals surface area contributed by atoms with E-state index in [0.29, 0.717) is 11.1 Å². The Hall–Kier alpha value is -3.48. The highest BCUT2D eigenvalue weighted by atomic mass is 16.6. The first-order chi connectivity index (χ1) is 12.0. The van der Waals surface area contributed by atoms with Gasteiger partial charge in [-0.2, -0.15) is 0 Å². The number of esters is 2. The highest BCUT2D eigenvalue weighted by Crippen LogP contribution is 2.28. The molecule has 0 radical (unpaired) electrons. The first-order valence-electron chi connectivity index (χ1n) is 7.20. The number of rotatable bonds is 5. The molecular formula is C18H15NO6. The number of carbonyl (C=O) groups is 2. The minimum Gasteiger partial charge on any atom is -0.465 e. The van der Waals surface area contributed by atoms with Crippen LogP contribution in [0.1, 0.15) is 21.5 Å². The number of carbonyl (C=O) groups excluding carboxylic acids is 2. The number of benzene rings is 2. The van der Waals surface area contributed by atoms with Crippen molar-refractivity contribution in [3.8, 4) is 0 Å². The molecule has 0 amide bonds. The van der Waals surface area contributed by atoms with E-state index < -0.39 is 16.9 Å². The first kappa shape index (κ1) is 17.9. The molecule has 0 bridgehead atoms. The molecule has 0 aliphatic heterocycles. The Morgan fingerprint density at radius 1 is 1.00 bits per heavy atom. The van der Waals surface area contributed by atoms with Gasteiger partial charge in [0.2, 0.25) is 0 Å². The number of ether oxygens (including phenoxy) is 2. The van der Waals surface area contributed by atoms with Crippen LogP contribution in [0.5, 0.6) is 0 Å². The molecule has 0 saturated heterocycles. The zero-order chi connectivity index (χ0) is 18.4. The smallest absolute Gasteiger partial charge is 0.338 e. The van der Waals surface area contributed by atoms with Gasteiger partial charge in [-0.15, -0.1) is 0 Å². The molecule has 2 rings (SSSR count). The van der Waals surface area contributed by atoms with Crippen LogP contribution in [0.4, 0.5) is 5.69 Å². The maximum atomic E-state index is 12.1. The molecule has 0 aliphatic rings. The number of methoxy groups -OCH3 is 2. The lowest BCUT2D eigenvalue weighted by atomic mass is 10.0. The maximum absolute atomic E-state index is 12.1. The Bertz CT molecular complexity index is 839. The summed E-state index contributed by atoms with van der Waals surface area (Å²) in [6, 6.07) is 12.2. The lowest BCUT2D eigenvalue weighted by molar-refractivity contribution is -0.385. The van der Waals surface area contributed by atoms with Crippen LogP contribution in [0.2, 0.25) is 0 Å². The zero-order valence-electron chi connectivity index (χ0n) is 13.6. The third-order valence-corrected chi connectivity index (χ3v) is 3.44. The monoisotopic (exact) mass is 341 g/mol. The summed E-state index contributed by atoms with van der Waals surface area (Å²) in [4.78, 5) is 34.2. The van der Waals surface area contributed by atoms with Crippen LogP contribution in [0.15, 0.2) is 48.5 Å². The van der Waals surface area contributed by atoms with Gasteiger partial charge in [0.25, 0.3) is 5.69 Å². The number of hydrogen-bond donors (Lipinski definition) is 0. The molecule has 0 aromatic heterocycles. The van der Waals surface area contributed by atoms with Crippen LogP contribution < -0.4 is 0 Å². The minimum absolute atomic E-state index is 0.0422. The number of nitro groups is 1. The summed E-state index contributed by atoms with van der Waals surface area (Å²) in [5.41, 5.74) is 0.915. The van der Waals surface area contributed by atoms with E-state index in [4.69, 9.17) is 4.74 Å². The first-order valence-corrected chi connectivity index (χ1v) is 7.20. The predicted octanol–water partition coefficient (Wildman–Crippen LogP) is 3.10. The van der Waals surface area contributed by atoms with Crippen molar-refractivity contribution < 1.29 is 24.0 Å². The summed E-state index contributed by atoms with van der Waals surface area (Å²) in [7, 11) is 2.48. The fraction of sp³-hybridized carbons (Fsp3) is 0.111. The third kappa shape index (κ3) is 4.08. The lowest BCUT2D eigenvalue weighted by Gasteiger charge is -2.07. The number of nitro benzene ring substituents is 1. The van der Waals surface area contributed by atoms with Gasteiger partial charge in [0.15, 0.2) is 0 Å². The summed E-state index contributed by atoms with van der Waals surface area (Å²) in [5, 5.41) is 11.2. The van der Waals surface area contributed by atoms with Crippen LogP contribution in [0.3, 0.4) is 0 Å². The Morgan fingerprint density at radius 2 is 1.64 bits per heavy atom. The average molecular weight is 341 g/mol. The van der Waals surface area contributed by atoms with Gasteiger partial charge in [-0.25, -0.2) is 9.59 Å². The molecule has 0 fully saturated rings. The van der Waals surface area contributed by atoms with Crippen molar-refractivity contribution >= 4 is 29.3 Å². The van der Waals surface area contributed by atoms with E-state index in [1.807, 2.05) is 0 Å². The summed E-state index contributed by atoms with van der Waals surface area (Å²) < 4.78 is 9.37. The van der Waals surface area contributed by atoms with E-state index in [2.05, 4.69) is 4.74 Å². The van der Waals surface area contributed by atoms with Crippen LogP contribution in [0, 0.1) is 10.1 Å². The molecular weight excluding hydrogens is 326 g/mol. The van der Waals surface area contributed by atoms with Crippen molar-refractivity contribution in [2.24, 2.45) is 0 Å². The van der Waals surface area contributed by atoms with Crippen LogP contribution >= 0.6 is 0 Å². The number of hydrogen-bond acceptors (Lipinski definition) is 6. The van der Waals surface area contributed by atoms with Gasteiger partial charge < -0.3 is 9.47 Å².